The Morgan fingerprint density at radius 1 is 1.57 bits per heavy atom. The van der Waals surface area contributed by atoms with E-state index >= 15 is 0 Å². The van der Waals surface area contributed by atoms with Crippen LogP contribution < -0.4 is 5.73 Å². The number of ether oxygens (including phenoxy) is 1. The molecule has 4 heteroatoms. The van der Waals surface area contributed by atoms with Crippen LogP contribution in [0.3, 0.4) is 0 Å². The highest BCUT2D eigenvalue weighted by Gasteiger charge is 2.19. The minimum Gasteiger partial charge on any atom is -0.382 e. The zero-order valence-electron chi connectivity index (χ0n) is 9.37. The van der Waals surface area contributed by atoms with E-state index in [9.17, 15) is 0 Å². The summed E-state index contributed by atoms with van der Waals surface area (Å²) in [6, 6.07) is 1.86. The molecule has 1 aromatic heterocycles. The molecule has 0 unspecified atom stereocenters. The van der Waals surface area contributed by atoms with E-state index in [0.717, 1.165) is 12.2 Å². The number of aryl methyl sites for hydroxylation is 1. The van der Waals surface area contributed by atoms with E-state index in [-0.39, 0.29) is 5.60 Å². The molecule has 1 aromatic rings. The third-order valence-electron chi connectivity index (χ3n) is 2.07. The van der Waals surface area contributed by atoms with E-state index in [1.54, 1.807) is 0 Å². The summed E-state index contributed by atoms with van der Waals surface area (Å²) in [5.41, 5.74) is 6.47. The molecule has 0 aliphatic rings. The second kappa shape index (κ2) is 4.00. The summed E-state index contributed by atoms with van der Waals surface area (Å²) in [7, 11) is 0. The van der Waals surface area contributed by atoms with E-state index < -0.39 is 0 Å². The second-order valence-corrected chi connectivity index (χ2v) is 4.06. The summed E-state index contributed by atoms with van der Waals surface area (Å²) < 4.78 is 7.48. The molecule has 0 aliphatic carbocycles. The Kier molecular flexibility index (Phi) is 3.16. The summed E-state index contributed by atoms with van der Waals surface area (Å²) in [5.74, 6) is 0.565. The van der Waals surface area contributed by atoms with Gasteiger partial charge in [-0.25, -0.2) is 0 Å². The Morgan fingerprint density at radius 2 is 2.21 bits per heavy atom. The highest BCUT2D eigenvalue weighted by Crippen LogP contribution is 2.14. The van der Waals surface area contributed by atoms with Crippen molar-refractivity contribution in [3.63, 3.8) is 0 Å². The zero-order valence-corrected chi connectivity index (χ0v) is 9.37. The minimum atomic E-state index is -0.196. The Hall–Kier alpha value is -1.03. The molecule has 0 aromatic carbocycles. The van der Waals surface area contributed by atoms with Crippen molar-refractivity contribution in [2.45, 2.75) is 39.8 Å². The fraction of sp³-hybridized carbons (Fsp3) is 0.700. The van der Waals surface area contributed by atoms with Crippen LogP contribution in [0.2, 0.25) is 0 Å². The lowest BCUT2D eigenvalue weighted by Crippen LogP contribution is -2.31. The van der Waals surface area contributed by atoms with Gasteiger partial charge in [0, 0.05) is 18.4 Å². The molecular formula is C10H19N3O. The average molecular weight is 197 g/mol. The number of hydrogen-bond acceptors (Lipinski definition) is 3. The van der Waals surface area contributed by atoms with Crippen molar-refractivity contribution in [1.29, 1.82) is 0 Å². The SMILES string of the molecule is CCOC(C)(C)Cn1nc(N)cc1C. The van der Waals surface area contributed by atoms with Gasteiger partial charge in [0.25, 0.3) is 0 Å². The summed E-state index contributed by atoms with van der Waals surface area (Å²) in [6.07, 6.45) is 0. The van der Waals surface area contributed by atoms with Crippen LogP contribution in [0.25, 0.3) is 0 Å². The molecule has 0 amide bonds. The number of aromatic nitrogens is 2. The smallest absolute Gasteiger partial charge is 0.145 e. The van der Waals surface area contributed by atoms with Crippen LogP contribution in [0.1, 0.15) is 26.5 Å². The summed E-state index contributed by atoms with van der Waals surface area (Å²) >= 11 is 0. The van der Waals surface area contributed by atoms with Crippen molar-refractivity contribution < 1.29 is 4.74 Å². The van der Waals surface area contributed by atoms with Gasteiger partial charge in [-0.05, 0) is 27.7 Å². The van der Waals surface area contributed by atoms with E-state index in [2.05, 4.69) is 5.10 Å². The molecule has 0 saturated carbocycles. The number of nitrogen functional groups attached to an aromatic ring is 1. The van der Waals surface area contributed by atoms with Crippen LogP contribution in [0, 0.1) is 6.92 Å². The maximum absolute atomic E-state index is 5.60. The maximum Gasteiger partial charge on any atom is 0.145 e. The topological polar surface area (TPSA) is 53.1 Å². The highest BCUT2D eigenvalue weighted by atomic mass is 16.5. The lowest BCUT2D eigenvalue weighted by molar-refractivity contribution is -0.0250. The Balaban J connectivity index is 2.72. The molecule has 0 atom stereocenters. The number of nitrogens with zero attached hydrogens (tertiary/aromatic N) is 2. The van der Waals surface area contributed by atoms with Gasteiger partial charge in [-0.3, -0.25) is 4.68 Å². The van der Waals surface area contributed by atoms with E-state index in [1.165, 1.54) is 0 Å². The molecule has 0 radical (unpaired) electrons. The fourth-order valence-electron chi connectivity index (χ4n) is 1.49. The lowest BCUT2D eigenvalue weighted by atomic mass is 10.1. The normalized spacial score (nSPS) is 12.0. The van der Waals surface area contributed by atoms with Gasteiger partial charge in [-0.15, -0.1) is 0 Å². The molecule has 2 N–H and O–H groups in total. The van der Waals surface area contributed by atoms with Gasteiger partial charge in [0.2, 0.25) is 0 Å². The molecule has 80 valence electrons. The molecule has 0 fully saturated rings. The average Bonchev–Trinajstić information content (AvgIpc) is 2.28. The van der Waals surface area contributed by atoms with Gasteiger partial charge < -0.3 is 10.5 Å². The highest BCUT2D eigenvalue weighted by molar-refractivity contribution is 5.28. The zero-order chi connectivity index (χ0) is 10.8. The predicted molar refractivity (Wildman–Crippen MR) is 57.1 cm³/mol. The van der Waals surface area contributed by atoms with Gasteiger partial charge in [0.05, 0.1) is 12.1 Å². The van der Waals surface area contributed by atoms with Crippen LogP contribution in [0.4, 0.5) is 5.82 Å². The first kappa shape index (κ1) is 11.0. The Bertz CT molecular complexity index is 304. The molecule has 1 heterocycles. The van der Waals surface area contributed by atoms with Gasteiger partial charge >= 0.3 is 0 Å². The number of rotatable bonds is 4. The molecule has 0 aliphatic heterocycles. The monoisotopic (exact) mass is 197 g/mol. The third-order valence-corrected chi connectivity index (χ3v) is 2.07. The van der Waals surface area contributed by atoms with Crippen LogP contribution in [-0.4, -0.2) is 22.0 Å². The third kappa shape index (κ3) is 2.73. The number of hydrogen-bond donors (Lipinski definition) is 1. The second-order valence-electron chi connectivity index (χ2n) is 4.06. The molecular weight excluding hydrogens is 178 g/mol. The number of nitrogens with two attached hydrogens (primary N) is 1. The first-order valence-corrected chi connectivity index (χ1v) is 4.88. The summed E-state index contributed by atoms with van der Waals surface area (Å²) in [5, 5.41) is 4.19. The van der Waals surface area contributed by atoms with Crippen LogP contribution >= 0.6 is 0 Å². The summed E-state index contributed by atoms with van der Waals surface area (Å²) in [6.45, 7) is 9.52. The van der Waals surface area contributed by atoms with E-state index in [0.29, 0.717) is 12.4 Å². The van der Waals surface area contributed by atoms with Crippen molar-refractivity contribution in [2.75, 3.05) is 12.3 Å². The van der Waals surface area contributed by atoms with Crippen LogP contribution in [0.5, 0.6) is 0 Å². The maximum atomic E-state index is 5.60. The van der Waals surface area contributed by atoms with Crippen LogP contribution in [-0.2, 0) is 11.3 Å². The Labute approximate surface area is 85.0 Å². The largest absolute Gasteiger partial charge is 0.382 e. The van der Waals surface area contributed by atoms with Gasteiger partial charge in [0.15, 0.2) is 0 Å². The quantitative estimate of drug-likeness (QED) is 0.797. The van der Waals surface area contributed by atoms with Gasteiger partial charge in [-0.1, -0.05) is 0 Å². The fourth-order valence-corrected chi connectivity index (χ4v) is 1.49. The van der Waals surface area contributed by atoms with Crippen molar-refractivity contribution in [2.24, 2.45) is 0 Å². The molecule has 0 spiro atoms. The lowest BCUT2D eigenvalue weighted by Gasteiger charge is -2.25. The summed E-state index contributed by atoms with van der Waals surface area (Å²) in [4.78, 5) is 0. The molecule has 1 rings (SSSR count). The van der Waals surface area contributed by atoms with Crippen molar-refractivity contribution in [3.05, 3.63) is 11.8 Å². The van der Waals surface area contributed by atoms with Gasteiger partial charge in [0.1, 0.15) is 5.82 Å². The molecule has 0 bridgehead atoms. The first-order valence-electron chi connectivity index (χ1n) is 4.88. The van der Waals surface area contributed by atoms with E-state index in [1.807, 2.05) is 38.4 Å². The van der Waals surface area contributed by atoms with Crippen molar-refractivity contribution in [3.8, 4) is 0 Å². The minimum absolute atomic E-state index is 0.196. The van der Waals surface area contributed by atoms with Crippen molar-refractivity contribution in [1.82, 2.24) is 9.78 Å². The molecule has 0 saturated heterocycles. The van der Waals surface area contributed by atoms with Gasteiger partial charge in [-0.2, -0.15) is 5.10 Å². The van der Waals surface area contributed by atoms with Crippen molar-refractivity contribution >= 4 is 5.82 Å². The number of anilines is 1. The molecule has 14 heavy (non-hydrogen) atoms. The van der Waals surface area contributed by atoms with Crippen LogP contribution in [0.15, 0.2) is 6.07 Å². The Morgan fingerprint density at radius 3 is 2.64 bits per heavy atom. The standard InChI is InChI=1S/C10H19N3O/c1-5-14-10(3,4)7-13-8(2)6-9(11)12-13/h6H,5,7H2,1-4H3,(H2,11,12). The van der Waals surface area contributed by atoms with E-state index in [4.69, 9.17) is 10.5 Å². The molecule has 4 nitrogen and oxygen atoms in total. The predicted octanol–water partition coefficient (Wildman–Crippen LogP) is 1.59. The first-order chi connectivity index (χ1) is 6.44.